The molecule has 2 heteroatoms. The number of aryl methyl sites for hydroxylation is 1. The molecule has 2 atom stereocenters. The van der Waals surface area contributed by atoms with Gasteiger partial charge in [0, 0.05) is 5.56 Å². The van der Waals surface area contributed by atoms with Crippen LogP contribution in [0.4, 0.5) is 0 Å². The minimum absolute atomic E-state index is 0.106. The van der Waals surface area contributed by atoms with E-state index in [1.807, 2.05) is 12.2 Å². The predicted octanol–water partition coefficient (Wildman–Crippen LogP) is 12.0. The Bertz CT molecular complexity index is 2340. The minimum atomic E-state index is 0.106. The van der Waals surface area contributed by atoms with Crippen LogP contribution in [0.3, 0.4) is 0 Å². The van der Waals surface area contributed by atoms with E-state index in [0.717, 1.165) is 22.8 Å². The molecule has 1 aliphatic carbocycles. The topological polar surface area (TPSA) is 17.8 Å². The maximum Gasteiger partial charge on any atom is 0.141 e. The second kappa shape index (κ2) is 11.9. The molecule has 0 amide bonds. The van der Waals surface area contributed by atoms with Crippen LogP contribution in [0.15, 0.2) is 158 Å². The summed E-state index contributed by atoms with van der Waals surface area (Å²) in [5.41, 5.74) is 8.32. The average Bonchev–Trinajstić information content (AvgIpc) is 3.44. The van der Waals surface area contributed by atoms with E-state index in [1.165, 1.54) is 54.6 Å². The summed E-state index contributed by atoms with van der Waals surface area (Å²) in [6.45, 7) is 8.34. The van der Waals surface area contributed by atoms with E-state index in [-0.39, 0.29) is 12.0 Å². The predicted molar refractivity (Wildman–Crippen MR) is 201 cm³/mol. The third kappa shape index (κ3) is 4.94. The highest BCUT2D eigenvalue weighted by molar-refractivity contribution is 6.19. The summed E-state index contributed by atoms with van der Waals surface area (Å²) in [7, 11) is 0. The molecule has 226 valence electrons. The Morgan fingerprint density at radius 2 is 1.30 bits per heavy atom. The lowest BCUT2D eigenvalue weighted by Crippen LogP contribution is -2.19. The molecule has 1 heterocycles. The summed E-state index contributed by atoms with van der Waals surface area (Å²) < 4.78 is 2.40. The Morgan fingerprint density at radius 1 is 0.681 bits per heavy atom. The molecular formula is C45H36N2. The van der Waals surface area contributed by atoms with Gasteiger partial charge >= 0.3 is 0 Å². The van der Waals surface area contributed by atoms with Gasteiger partial charge < -0.3 is 4.57 Å². The smallest absolute Gasteiger partial charge is 0.141 e. The van der Waals surface area contributed by atoms with E-state index in [9.17, 15) is 0 Å². The van der Waals surface area contributed by atoms with E-state index in [1.54, 1.807) is 0 Å². The van der Waals surface area contributed by atoms with Gasteiger partial charge in [0.15, 0.2) is 0 Å². The van der Waals surface area contributed by atoms with Crippen molar-refractivity contribution >= 4 is 44.0 Å². The number of rotatable bonds is 6. The number of allylic oxidation sites excluding steroid dienone is 6. The number of benzene rings is 6. The molecule has 2 nitrogen and oxygen atoms in total. The molecule has 2 unspecified atom stereocenters. The Balaban J connectivity index is 1.30. The Hall–Kier alpha value is -5.73. The van der Waals surface area contributed by atoms with Crippen molar-refractivity contribution in [2.24, 2.45) is 5.92 Å². The number of fused-ring (bicyclic) bond motifs is 3. The number of hydrogen-bond acceptors (Lipinski definition) is 1. The lowest BCUT2D eigenvalue weighted by Gasteiger charge is -2.28. The molecule has 0 bridgehead atoms. The van der Waals surface area contributed by atoms with Crippen LogP contribution in [0, 0.1) is 12.8 Å². The van der Waals surface area contributed by atoms with Gasteiger partial charge in [-0.05, 0) is 79.6 Å². The minimum Gasteiger partial charge on any atom is -0.317 e. The summed E-state index contributed by atoms with van der Waals surface area (Å²) >= 11 is 0. The van der Waals surface area contributed by atoms with Crippen LogP contribution in [0.25, 0.3) is 66.5 Å². The first-order valence-corrected chi connectivity index (χ1v) is 16.4. The van der Waals surface area contributed by atoms with Crippen LogP contribution in [0.1, 0.15) is 29.9 Å². The van der Waals surface area contributed by atoms with Crippen molar-refractivity contribution in [2.75, 3.05) is 0 Å². The third-order valence-corrected chi connectivity index (χ3v) is 9.56. The third-order valence-electron chi connectivity index (χ3n) is 9.56. The molecule has 1 aromatic heterocycles. The fourth-order valence-corrected chi connectivity index (χ4v) is 7.41. The van der Waals surface area contributed by atoms with E-state index in [0.29, 0.717) is 0 Å². The van der Waals surface area contributed by atoms with E-state index >= 15 is 0 Å². The first kappa shape index (κ1) is 28.7. The summed E-state index contributed by atoms with van der Waals surface area (Å²) in [5.74, 6) is 1.21. The van der Waals surface area contributed by atoms with Crippen molar-refractivity contribution in [3.8, 4) is 22.5 Å². The molecule has 0 spiro atoms. The van der Waals surface area contributed by atoms with Crippen molar-refractivity contribution in [3.05, 3.63) is 175 Å². The lowest BCUT2D eigenvalue weighted by atomic mass is 9.82. The van der Waals surface area contributed by atoms with Gasteiger partial charge in [0.1, 0.15) is 5.82 Å². The number of nitrogens with zero attached hydrogens (tertiary/aromatic N) is 2. The van der Waals surface area contributed by atoms with E-state index in [4.69, 9.17) is 4.98 Å². The average molecular weight is 605 g/mol. The normalized spacial score (nSPS) is 16.3. The maximum atomic E-state index is 5.08. The molecule has 6 aromatic carbocycles. The van der Waals surface area contributed by atoms with Crippen molar-refractivity contribution < 1.29 is 0 Å². The fourth-order valence-electron chi connectivity index (χ4n) is 7.41. The van der Waals surface area contributed by atoms with Gasteiger partial charge in [-0.3, -0.25) is 0 Å². The Labute approximate surface area is 276 Å². The second-order valence-corrected chi connectivity index (χ2v) is 12.5. The fraction of sp³-hybridized carbons (Fsp3) is 0.0889. The van der Waals surface area contributed by atoms with Gasteiger partial charge in [-0.1, -0.05) is 159 Å². The highest BCUT2D eigenvalue weighted by Crippen LogP contribution is 2.45. The van der Waals surface area contributed by atoms with Crippen LogP contribution < -0.4 is 0 Å². The molecular weight excluding hydrogens is 569 g/mol. The van der Waals surface area contributed by atoms with E-state index in [2.05, 4.69) is 171 Å². The van der Waals surface area contributed by atoms with Crippen LogP contribution in [-0.4, -0.2) is 9.55 Å². The second-order valence-electron chi connectivity index (χ2n) is 12.5. The molecule has 0 aliphatic heterocycles. The lowest BCUT2D eigenvalue weighted by molar-refractivity contribution is 0.488. The summed E-state index contributed by atoms with van der Waals surface area (Å²) in [5, 5.41) is 7.60. The van der Waals surface area contributed by atoms with E-state index < -0.39 is 0 Å². The largest absolute Gasteiger partial charge is 0.317 e. The molecule has 7 aromatic rings. The standard InChI is InChI=1S/C45H36N2/c1-4-5-23-42-31(3)46-45(33-16-7-6-8-17-33)47(42)41-27-26-35(28-30(41)2)43-37-19-11-13-21-39(37)44(40-22-14-12-20-38(40)43)36-25-24-32-15-9-10-18-34(32)29-36/h4-30,41H,1H2,2-3H3/b23-5-. The maximum absolute atomic E-state index is 5.08. The zero-order valence-electron chi connectivity index (χ0n) is 26.8. The van der Waals surface area contributed by atoms with Crippen molar-refractivity contribution in [3.63, 3.8) is 0 Å². The summed E-state index contributed by atoms with van der Waals surface area (Å²) in [4.78, 5) is 5.08. The molecule has 0 saturated carbocycles. The van der Waals surface area contributed by atoms with Crippen LogP contribution in [0.2, 0.25) is 0 Å². The highest BCUT2D eigenvalue weighted by Gasteiger charge is 2.27. The Morgan fingerprint density at radius 3 is 1.96 bits per heavy atom. The molecule has 0 N–H and O–H groups in total. The van der Waals surface area contributed by atoms with Gasteiger partial charge in [-0.25, -0.2) is 4.98 Å². The zero-order chi connectivity index (χ0) is 31.9. The van der Waals surface area contributed by atoms with Gasteiger partial charge in [-0.2, -0.15) is 0 Å². The van der Waals surface area contributed by atoms with Gasteiger partial charge in [0.05, 0.1) is 17.4 Å². The Kier molecular flexibility index (Phi) is 7.27. The van der Waals surface area contributed by atoms with Crippen LogP contribution >= 0.6 is 0 Å². The molecule has 0 fully saturated rings. The number of aromatic nitrogens is 2. The quantitative estimate of drug-likeness (QED) is 0.136. The highest BCUT2D eigenvalue weighted by atomic mass is 15.1. The number of hydrogen-bond donors (Lipinski definition) is 0. The molecule has 0 radical (unpaired) electrons. The summed E-state index contributed by atoms with van der Waals surface area (Å²) in [6, 6.07) is 43.9. The van der Waals surface area contributed by atoms with Crippen molar-refractivity contribution in [1.82, 2.24) is 9.55 Å². The van der Waals surface area contributed by atoms with Crippen LogP contribution in [0.5, 0.6) is 0 Å². The van der Waals surface area contributed by atoms with Crippen molar-refractivity contribution in [1.29, 1.82) is 0 Å². The SMILES string of the molecule is C=C/C=C\c1c(C)nc(-c2ccccc2)n1C1C=CC(c2c3ccccc3c(-c3ccc4ccccc4c3)c3ccccc23)=CC1C. The molecule has 1 aliphatic rings. The molecule has 8 rings (SSSR count). The zero-order valence-corrected chi connectivity index (χ0v) is 26.8. The van der Waals surface area contributed by atoms with Crippen LogP contribution in [-0.2, 0) is 0 Å². The van der Waals surface area contributed by atoms with Gasteiger partial charge in [0.25, 0.3) is 0 Å². The molecule has 0 saturated heterocycles. The first-order valence-electron chi connectivity index (χ1n) is 16.4. The molecule has 47 heavy (non-hydrogen) atoms. The summed E-state index contributed by atoms with van der Waals surface area (Å²) in [6.07, 6.45) is 13.1. The number of imidazole rings is 1. The first-order chi connectivity index (χ1) is 23.1. The van der Waals surface area contributed by atoms with Gasteiger partial charge in [0.2, 0.25) is 0 Å². The van der Waals surface area contributed by atoms with Gasteiger partial charge in [-0.15, -0.1) is 0 Å². The monoisotopic (exact) mass is 604 g/mol. The van der Waals surface area contributed by atoms with Crippen molar-refractivity contribution in [2.45, 2.75) is 19.9 Å².